The highest BCUT2D eigenvalue weighted by Gasteiger charge is 2.06. The van der Waals surface area contributed by atoms with E-state index < -0.39 is 0 Å². The molecule has 0 fully saturated rings. The monoisotopic (exact) mass is 542 g/mol. The SMILES string of the molecule is COc1ccc(CN=C(NCCCCCCC(C)C)NCc2nnc(C)n2C)cc1.I. The summed E-state index contributed by atoms with van der Waals surface area (Å²) in [6.07, 6.45) is 6.32. The van der Waals surface area contributed by atoms with Crippen LogP contribution in [0, 0.1) is 12.8 Å². The van der Waals surface area contributed by atoms with Crippen LogP contribution in [0.25, 0.3) is 0 Å². The largest absolute Gasteiger partial charge is 0.497 e. The smallest absolute Gasteiger partial charge is 0.191 e. The first-order chi connectivity index (χ1) is 14.5. The molecule has 0 saturated heterocycles. The van der Waals surface area contributed by atoms with Crippen LogP contribution >= 0.6 is 24.0 Å². The van der Waals surface area contributed by atoms with Crippen molar-refractivity contribution >= 4 is 29.9 Å². The summed E-state index contributed by atoms with van der Waals surface area (Å²) in [5, 5.41) is 15.2. The Labute approximate surface area is 204 Å². The average molecular weight is 543 g/mol. The zero-order valence-electron chi connectivity index (χ0n) is 19.6. The lowest BCUT2D eigenvalue weighted by atomic mass is 10.0. The Morgan fingerprint density at radius 1 is 1.06 bits per heavy atom. The number of aryl methyl sites for hydroxylation is 1. The lowest BCUT2D eigenvalue weighted by molar-refractivity contribution is 0.414. The minimum atomic E-state index is 0. The van der Waals surface area contributed by atoms with Crippen molar-refractivity contribution < 1.29 is 4.74 Å². The quantitative estimate of drug-likeness (QED) is 0.178. The number of nitrogens with zero attached hydrogens (tertiary/aromatic N) is 4. The summed E-state index contributed by atoms with van der Waals surface area (Å²) >= 11 is 0. The van der Waals surface area contributed by atoms with Crippen molar-refractivity contribution in [2.45, 2.75) is 66.0 Å². The Morgan fingerprint density at radius 2 is 1.77 bits per heavy atom. The summed E-state index contributed by atoms with van der Waals surface area (Å²) in [5.74, 6) is 4.24. The van der Waals surface area contributed by atoms with Gasteiger partial charge in [0.25, 0.3) is 0 Å². The maximum Gasteiger partial charge on any atom is 0.191 e. The molecule has 0 amide bonds. The van der Waals surface area contributed by atoms with Gasteiger partial charge in [-0.05, 0) is 37.0 Å². The van der Waals surface area contributed by atoms with E-state index >= 15 is 0 Å². The van der Waals surface area contributed by atoms with Crippen molar-refractivity contribution in [3.8, 4) is 5.75 Å². The number of benzene rings is 1. The summed E-state index contributed by atoms with van der Waals surface area (Å²) in [4.78, 5) is 4.75. The molecule has 0 spiro atoms. The summed E-state index contributed by atoms with van der Waals surface area (Å²) < 4.78 is 7.22. The molecule has 2 N–H and O–H groups in total. The predicted molar refractivity (Wildman–Crippen MR) is 138 cm³/mol. The van der Waals surface area contributed by atoms with Crippen molar-refractivity contribution in [3.05, 3.63) is 41.5 Å². The molecule has 1 aromatic heterocycles. The molecular weight excluding hydrogens is 503 g/mol. The molecule has 0 saturated carbocycles. The summed E-state index contributed by atoms with van der Waals surface area (Å²) in [6.45, 7) is 8.63. The molecule has 0 aliphatic rings. The molecule has 0 bridgehead atoms. The molecular formula is C23H39IN6O. The second kappa shape index (κ2) is 15.0. The molecule has 31 heavy (non-hydrogen) atoms. The fourth-order valence-corrected chi connectivity index (χ4v) is 3.08. The summed E-state index contributed by atoms with van der Waals surface area (Å²) in [6, 6.07) is 8.01. The zero-order chi connectivity index (χ0) is 21.8. The van der Waals surface area contributed by atoms with E-state index in [0.29, 0.717) is 13.1 Å². The number of hydrogen-bond acceptors (Lipinski definition) is 4. The third-order valence-electron chi connectivity index (χ3n) is 5.18. The molecule has 0 aliphatic carbocycles. The van der Waals surface area contributed by atoms with Crippen LogP contribution in [0.3, 0.4) is 0 Å². The average Bonchev–Trinajstić information content (AvgIpc) is 3.06. The number of halogens is 1. The van der Waals surface area contributed by atoms with E-state index in [1.807, 2.05) is 42.8 Å². The van der Waals surface area contributed by atoms with Crippen LogP contribution in [-0.4, -0.2) is 34.4 Å². The van der Waals surface area contributed by atoms with Crippen LogP contribution in [0.2, 0.25) is 0 Å². The summed E-state index contributed by atoms with van der Waals surface area (Å²) in [5.41, 5.74) is 1.14. The lowest BCUT2D eigenvalue weighted by Crippen LogP contribution is -2.38. The van der Waals surface area contributed by atoms with Crippen molar-refractivity contribution in [1.29, 1.82) is 0 Å². The molecule has 0 atom stereocenters. The molecule has 1 aromatic carbocycles. The third kappa shape index (κ3) is 10.3. The standard InChI is InChI=1S/C23H38N6O.HI/c1-18(2)10-8-6-7-9-15-24-23(26-17-22-28-27-19(3)29(22)4)25-16-20-11-13-21(30-5)14-12-20;/h11-14,18H,6-10,15-17H2,1-5H3,(H2,24,25,26);1H. The van der Waals surface area contributed by atoms with Crippen LogP contribution < -0.4 is 15.4 Å². The molecule has 8 heteroatoms. The minimum absolute atomic E-state index is 0. The van der Waals surface area contributed by atoms with E-state index in [1.54, 1.807) is 7.11 Å². The van der Waals surface area contributed by atoms with Gasteiger partial charge in [-0.1, -0.05) is 51.7 Å². The Hall–Kier alpha value is -1.84. The normalized spacial score (nSPS) is 11.4. The number of methoxy groups -OCH3 is 1. The predicted octanol–water partition coefficient (Wildman–Crippen LogP) is 4.59. The van der Waals surface area contributed by atoms with Crippen LogP contribution in [-0.2, 0) is 20.1 Å². The Balaban J connectivity index is 0.00000480. The molecule has 7 nitrogen and oxygen atoms in total. The third-order valence-corrected chi connectivity index (χ3v) is 5.18. The van der Waals surface area contributed by atoms with Gasteiger partial charge in [0.2, 0.25) is 0 Å². The number of aliphatic imine (C=N–C) groups is 1. The number of unbranched alkanes of at least 4 members (excludes halogenated alkanes) is 3. The first-order valence-electron chi connectivity index (χ1n) is 11.0. The van der Waals surface area contributed by atoms with Gasteiger partial charge in [-0.15, -0.1) is 34.2 Å². The zero-order valence-corrected chi connectivity index (χ0v) is 22.0. The number of rotatable bonds is 12. The highest BCUT2D eigenvalue weighted by atomic mass is 127. The van der Waals surface area contributed by atoms with Gasteiger partial charge in [0.1, 0.15) is 11.6 Å². The topological polar surface area (TPSA) is 76.4 Å². The molecule has 0 aliphatic heterocycles. The van der Waals surface area contributed by atoms with Crippen molar-refractivity contribution in [1.82, 2.24) is 25.4 Å². The van der Waals surface area contributed by atoms with Crippen molar-refractivity contribution in [2.75, 3.05) is 13.7 Å². The summed E-state index contributed by atoms with van der Waals surface area (Å²) in [7, 11) is 3.65. The number of ether oxygens (including phenoxy) is 1. The van der Waals surface area contributed by atoms with E-state index in [2.05, 4.69) is 34.7 Å². The van der Waals surface area contributed by atoms with Gasteiger partial charge in [0.15, 0.2) is 11.8 Å². The molecule has 1 heterocycles. The van der Waals surface area contributed by atoms with E-state index in [-0.39, 0.29) is 24.0 Å². The van der Waals surface area contributed by atoms with Gasteiger partial charge >= 0.3 is 0 Å². The fourth-order valence-electron chi connectivity index (χ4n) is 3.08. The van der Waals surface area contributed by atoms with Gasteiger partial charge in [-0.2, -0.15) is 0 Å². The van der Waals surface area contributed by atoms with Crippen molar-refractivity contribution in [3.63, 3.8) is 0 Å². The van der Waals surface area contributed by atoms with Crippen LogP contribution in [0.1, 0.15) is 63.2 Å². The van der Waals surface area contributed by atoms with Crippen molar-refractivity contribution in [2.24, 2.45) is 18.0 Å². The lowest BCUT2D eigenvalue weighted by Gasteiger charge is -2.13. The van der Waals surface area contributed by atoms with Gasteiger partial charge in [-0.25, -0.2) is 4.99 Å². The van der Waals surface area contributed by atoms with Crippen LogP contribution in [0.15, 0.2) is 29.3 Å². The van der Waals surface area contributed by atoms with E-state index in [1.165, 1.54) is 25.7 Å². The van der Waals surface area contributed by atoms with Gasteiger partial charge in [-0.3, -0.25) is 0 Å². The molecule has 2 aromatic rings. The maximum absolute atomic E-state index is 5.23. The van der Waals surface area contributed by atoms with Gasteiger partial charge in [0.05, 0.1) is 20.2 Å². The highest BCUT2D eigenvalue weighted by Crippen LogP contribution is 2.12. The van der Waals surface area contributed by atoms with Crippen LogP contribution in [0.4, 0.5) is 0 Å². The number of guanidine groups is 1. The Morgan fingerprint density at radius 3 is 2.39 bits per heavy atom. The number of nitrogens with one attached hydrogen (secondary N) is 2. The van der Waals surface area contributed by atoms with Crippen LogP contribution in [0.5, 0.6) is 5.75 Å². The van der Waals surface area contributed by atoms with E-state index in [0.717, 1.165) is 47.8 Å². The Kier molecular flexibility index (Phi) is 13.2. The molecule has 174 valence electrons. The fraction of sp³-hybridized carbons (Fsp3) is 0.609. The molecule has 0 radical (unpaired) electrons. The second-order valence-electron chi connectivity index (χ2n) is 8.11. The Bertz CT molecular complexity index is 773. The molecule has 2 rings (SSSR count). The number of aromatic nitrogens is 3. The van der Waals surface area contributed by atoms with Gasteiger partial charge in [0, 0.05) is 13.6 Å². The second-order valence-corrected chi connectivity index (χ2v) is 8.11. The van der Waals surface area contributed by atoms with E-state index in [9.17, 15) is 0 Å². The molecule has 0 unspecified atom stereocenters. The number of hydrogen-bond donors (Lipinski definition) is 2. The van der Waals surface area contributed by atoms with E-state index in [4.69, 9.17) is 9.73 Å². The minimum Gasteiger partial charge on any atom is -0.497 e. The van der Waals surface area contributed by atoms with Gasteiger partial charge < -0.3 is 19.9 Å². The highest BCUT2D eigenvalue weighted by molar-refractivity contribution is 14.0. The first kappa shape index (κ1) is 27.2. The maximum atomic E-state index is 5.23. The first-order valence-corrected chi connectivity index (χ1v) is 11.0.